The molecule has 7 heteroatoms. The van der Waals surface area contributed by atoms with Crippen molar-refractivity contribution in [1.82, 2.24) is 19.7 Å². The molecule has 6 nitrogen and oxygen atoms in total. The Morgan fingerprint density at radius 2 is 1.84 bits per heavy atom. The van der Waals surface area contributed by atoms with Gasteiger partial charge in [0.2, 0.25) is 11.9 Å². The molecule has 0 N–H and O–H groups in total. The Hall–Kier alpha value is -1.24. The molecule has 2 heterocycles. The fourth-order valence-electron chi connectivity index (χ4n) is 3.43. The lowest BCUT2D eigenvalue weighted by molar-refractivity contribution is -0.129. The van der Waals surface area contributed by atoms with Crippen LogP contribution >= 0.6 is 11.8 Å². The fourth-order valence-corrected chi connectivity index (χ4v) is 4.43. The number of thioether (sulfide) groups is 1. The maximum absolute atomic E-state index is 12.6. The highest BCUT2D eigenvalue weighted by Gasteiger charge is 2.34. The maximum atomic E-state index is 12.6. The van der Waals surface area contributed by atoms with Gasteiger partial charge in [-0.3, -0.25) is 9.36 Å². The molecule has 1 aromatic heterocycles. The van der Waals surface area contributed by atoms with E-state index in [0.717, 1.165) is 43.2 Å². The van der Waals surface area contributed by atoms with E-state index in [1.54, 1.807) is 11.8 Å². The summed E-state index contributed by atoms with van der Waals surface area (Å²) >= 11 is 1.56. The van der Waals surface area contributed by atoms with E-state index in [0.29, 0.717) is 6.04 Å². The van der Waals surface area contributed by atoms with Crippen molar-refractivity contribution in [3.8, 4) is 0 Å². The fraction of sp³-hybridized carbons (Fsp3) is 0.833. The van der Waals surface area contributed by atoms with E-state index < -0.39 is 0 Å². The number of hydrogen-bond donors (Lipinski definition) is 0. The lowest BCUT2D eigenvalue weighted by atomic mass is 10.00. The summed E-state index contributed by atoms with van der Waals surface area (Å²) in [4.78, 5) is 16.9. The van der Waals surface area contributed by atoms with Crippen molar-refractivity contribution >= 4 is 23.6 Å². The predicted octanol–water partition coefficient (Wildman–Crippen LogP) is 3.20. The lowest BCUT2D eigenvalue weighted by Crippen LogP contribution is -2.36. The molecule has 1 aromatic rings. The molecule has 1 unspecified atom stereocenters. The van der Waals surface area contributed by atoms with Gasteiger partial charge in [0.25, 0.3) is 0 Å². The highest BCUT2D eigenvalue weighted by atomic mass is 32.2. The van der Waals surface area contributed by atoms with Crippen LogP contribution in [-0.4, -0.2) is 57.0 Å². The molecular formula is C18H31N5OS. The third-order valence-electron chi connectivity index (χ3n) is 5.33. The van der Waals surface area contributed by atoms with Gasteiger partial charge in [-0.15, -0.1) is 10.2 Å². The average molecular weight is 366 g/mol. The minimum absolute atomic E-state index is 0.129. The Bertz CT molecular complexity index is 588. The molecule has 140 valence electrons. The number of hydrogen-bond acceptors (Lipinski definition) is 5. The summed E-state index contributed by atoms with van der Waals surface area (Å²) in [5.41, 5.74) is 0. The molecule has 2 fully saturated rings. The second-order valence-electron chi connectivity index (χ2n) is 7.32. The maximum Gasteiger partial charge on any atom is 0.235 e. The van der Waals surface area contributed by atoms with Crippen LogP contribution in [0.25, 0.3) is 0 Å². The first-order valence-electron chi connectivity index (χ1n) is 9.70. The molecular weight excluding hydrogens is 334 g/mol. The zero-order valence-corrected chi connectivity index (χ0v) is 16.8. The Morgan fingerprint density at radius 3 is 2.40 bits per heavy atom. The van der Waals surface area contributed by atoms with Gasteiger partial charge in [0.05, 0.1) is 5.25 Å². The van der Waals surface area contributed by atoms with Crippen LogP contribution in [0, 0.1) is 5.92 Å². The molecule has 25 heavy (non-hydrogen) atoms. The van der Waals surface area contributed by atoms with Crippen molar-refractivity contribution in [2.45, 2.75) is 69.8 Å². The number of piperidine rings is 1. The van der Waals surface area contributed by atoms with Gasteiger partial charge in [-0.25, -0.2) is 0 Å². The van der Waals surface area contributed by atoms with E-state index in [2.05, 4.69) is 26.6 Å². The van der Waals surface area contributed by atoms with Crippen molar-refractivity contribution in [3.63, 3.8) is 0 Å². The summed E-state index contributed by atoms with van der Waals surface area (Å²) in [6.07, 6.45) is 4.83. The van der Waals surface area contributed by atoms with Crippen molar-refractivity contribution in [3.05, 3.63) is 0 Å². The Morgan fingerprint density at radius 1 is 1.20 bits per heavy atom. The summed E-state index contributed by atoms with van der Waals surface area (Å²) in [5, 5.41) is 9.76. The number of rotatable bonds is 7. The smallest absolute Gasteiger partial charge is 0.235 e. The zero-order chi connectivity index (χ0) is 18.0. The molecule has 1 saturated carbocycles. The molecule has 1 amide bonds. The van der Waals surface area contributed by atoms with Crippen LogP contribution in [-0.2, 0) is 4.79 Å². The highest BCUT2D eigenvalue weighted by molar-refractivity contribution is 8.00. The zero-order valence-electron chi connectivity index (χ0n) is 15.9. The van der Waals surface area contributed by atoms with Crippen LogP contribution in [0.4, 0.5) is 5.95 Å². The Kier molecular flexibility index (Phi) is 5.92. The quantitative estimate of drug-likeness (QED) is 0.695. The van der Waals surface area contributed by atoms with E-state index in [1.807, 2.05) is 25.7 Å². The van der Waals surface area contributed by atoms with Crippen LogP contribution in [0.2, 0.25) is 0 Å². The minimum Gasteiger partial charge on any atom is -0.342 e. The van der Waals surface area contributed by atoms with Gasteiger partial charge in [0.1, 0.15) is 0 Å². The van der Waals surface area contributed by atoms with Crippen LogP contribution in [0.3, 0.4) is 0 Å². The summed E-state index contributed by atoms with van der Waals surface area (Å²) in [6, 6.07) is 0.516. The lowest BCUT2D eigenvalue weighted by Gasteiger charge is -2.31. The standard InChI is InChI=1S/C18H31N5OS/c1-5-21(6-2)16(24)14(4)25-18-20-19-17(23(18)15-7-8-15)22-11-9-13(3)10-12-22/h13-15H,5-12H2,1-4H3. The highest BCUT2D eigenvalue weighted by Crippen LogP contribution is 2.42. The summed E-state index contributed by atoms with van der Waals surface area (Å²) in [6.45, 7) is 12.0. The van der Waals surface area contributed by atoms with Crippen LogP contribution in [0.5, 0.6) is 0 Å². The van der Waals surface area contributed by atoms with Crippen LogP contribution in [0.1, 0.15) is 59.4 Å². The third kappa shape index (κ3) is 4.13. The van der Waals surface area contributed by atoms with E-state index >= 15 is 0 Å². The van der Waals surface area contributed by atoms with Crippen LogP contribution in [0.15, 0.2) is 5.16 Å². The second kappa shape index (κ2) is 7.98. The number of carbonyl (C=O) groups excluding carboxylic acids is 1. The first kappa shape index (κ1) is 18.5. The molecule has 0 spiro atoms. The monoisotopic (exact) mass is 365 g/mol. The SMILES string of the molecule is CCN(CC)C(=O)C(C)Sc1nnc(N2CCC(C)CC2)n1C1CC1. The van der Waals surface area contributed by atoms with Gasteiger partial charge in [-0.2, -0.15) is 0 Å². The number of aromatic nitrogens is 3. The van der Waals surface area contributed by atoms with Gasteiger partial charge in [-0.05, 0) is 52.4 Å². The first-order valence-corrected chi connectivity index (χ1v) is 10.6. The van der Waals surface area contributed by atoms with Gasteiger partial charge in [0.15, 0.2) is 5.16 Å². The molecule has 0 bridgehead atoms. The van der Waals surface area contributed by atoms with E-state index in [1.165, 1.54) is 25.7 Å². The summed E-state index contributed by atoms with van der Waals surface area (Å²) < 4.78 is 2.30. The Labute approximate surface area is 155 Å². The molecule has 0 aromatic carbocycles. The predicted molar refractivity (Wildman–Crippen MR) is 102 cm³/mol. The largest absolute Gasteiger partial charge is 0.342 e. The van der Waals surface area contributed by atoms with Crippen molar-refractivity contribution in [2.75, 3.05) is 31.1 Å². The van der Waals surface area contributed by atoms with E-state index in [9.17, 15) is 4.79 Å². The van der Waals surface area contributed by atoms with Gasteiger partial charge in [0, 0.05) is 32.2 Å². The molecule has 0 radical (unpaired) electrons. The van der Waals surface area contributed by atoms with Gasteiger partial charge >= 0.3 is 0 Å². The third-order valence-corrected chi connectivity index (χ3v) is 6.37. The van der Waals surface area contributed by atoms with Crippen LogP contribution < -0.4 is 4.90 Å². The second-order valence-corrected chi connectivity index (χ2v) is 8.63. The number of anilines is 1. The van der Waals surface area contributed by atoms with Crippen molar-refractivity contribution in [2.24, 2.45) is 5.92 Å². The molecule has 1 saturated heterocycles. The summed E-state index contributed by atoms with van der Waals surface area (Å²) in [5.74, 6) is 2.00. The Balaban J connectivity index is 1.75. The normalized spacial score (nSPS) is 19.9. The topological polar surface area (TPSA) is 54.3 Å². The first-order chi connectivity index (χ1) is 12.0. The van der Waals surface area contributed by atoms with E-state index in [4.69, 9.17) is 0 Å². The van der Waals surface area contributed by atoms with Gasteiger partial charge < -0.3 is 9.80 Å². The van der Waals surface area contributed by atoms with Gasteiger partial charge in [-0.1, -0.05) is 18.7 Å². The van der Waals surface area contributed by atoms with E-state index in [-0.39, 0.29) is 11.2 Å². The van der Waals surface area contributed by atoms with Crippen molar-refractivity contribution < 1.29 is 4.79 Å². The number of nitrogens with zero attached hydrogens (tertiary/aromatic N) is 5. The molecule has 3 rings (SSSR count). The van der Waals surface area contributed by atoms with Crippen molar-refractivity contribution in [1.29, 1.82) is 0 Å². The minimum atomic E-state index is -0.129. The average Bonchev–Trinajstić information content (AvgIpc) is 3.37. The molecule has 2 aliphatic rings. The molecule has 1 aliphatic heterocycles. The number of amides is 1. The number of carbonyl (C=O) groups is 1. The molecule has 1 aliphatic carbocycles. The summed E-state index contributed by atoms with van der Waals surface area (Å²) in [7, 11) is 0. The molecule has 1 atom stereocenters.